The molecule has 0 atom stereocenters. The summed E-state index contributed by atoms with van der Waals surface area (Å²) in [4.78, 5) is 33.4. The number of esters is 1. The summed E-state index contributed by atoms with van der Waals surface area (Å²) in [7, 11) is 0. The lowest BCUT2D eigenvalue weighted by atomic mass is 10.2. The topological polar surface area (TPSA) is 112 Å². The zero-order chi connectivity index (χ0) is 16.8. The molecule has 0 radical (unpaired) electrons. The Labute approximate surface area is 135 Å². The third-order valence-electron chi connectivity index (χ3n) is 2.79. The maximum absolute atomic E-state index is 11.9. The Hall–Kier alpha value is -2.87. The van der Waals surface area contributed by atoms with Crippen LogP contribution in [0.5, 0.6) is 0 Å². The zero-order valence-corrected chi connectivity index (χ0v) is 12.4. The molecular weight excluding hydrogens is 328 g/mol. The summed E-state index contributed by atoms with van der Waals surface area (Å²) >= 11 is 5.84. The Kier molecular flexibility index (Phi) is 5.32. The number of amides is 1. The van der Waals surface area contributed by atoms with Gasteiger partial charge in [0.15, 0.2) is 0 Å². The van der Waals surface area contributed by atoms with E-state index in [1.165, 1.54) is 30.7 Å². The first-order valence-electron chi connectivity index (χ1n) is 6.40. The number of furan rings is 1. The van der Waals surface area contributed by atoms with E-state index in [4.69, 9.17) is 20.8 Å². The van der Waals surface area contributed by atoms with E-state index in [1.54, 1.807) is 0 Å². The number of hydrogen-bond acceptors (Lipinski definition) is 6. The van der Waals surface area contributed by atoms with Crippen LogP contribution in [0.25, 0.3) is 0 Å². The SMILES string of the molecule is O=C(OCCNC(=O)c1ccc([N+](=O)[O-])cc1Cl)c1ccoc1. The summed E-state index contributed by atoms with van der Waals surface area (Å²) in [5.74, 6) is -1.09. The number of halogens is 1. The monoisotopic (exact) mass is 338 g/mol. The molecule has 2 aromatic rings. The Morgan fingerprint density at radius 1 is 1.35 bits per heavy atom. The van der Waals surface area contributed by atoms with Crippen LogP contribution in [0.2, 0.25) is 5.02 Å². The van der Waals surface area contributed by atoms with Gasteiger partial charge in [0, 0.05) is 12.1 Å². The molecule has 1 heterocycles. The highest BCUT2D eigenvalue weighted by atomic mass is 35.5. The molecule has 1 amide bonds. The molecule has 2 rings (SSSR count). The van der Waals surface area contributed by atoms with Crippen molar-refractivity contribution < 1.29 is 23.7 Å². The van der Waals surface area contributed by atoms with Crippen molar-refractivity contribution in [3.05, 3.63) is 63.1 Å². The van der Waals surface area contributed by atoms with Gasteiger partial charge in [-0.3, -0.25) is 14.9 Å². The molecule has 0 aliphatic heterocycles. The van der Waals surface area contributed by atoms with Gasteiger partial charge >= 0.3 is 5.97 Å². The molecule has 0 unspecified atom stereocenters. The van der Waals surface area contributed by atoms with E-state index < -0.39 is 16.8 Å². The Bertz CT molecular complexity index is 729. The summed E-state index contributed by atoms with van der Waals surface area (Å²) < 4.78 is 9.66. The number of nitro groups is 1. The predicted octanol–water partition coefficient (Wildman–Crippen LogP) is 2.43. The standard InChI is InChI=1S/C14H11ClN2O6/c15-12-7-10(17(20)21)1-2-11(12)13(18)16-4-6-23-14(19)9-3-5-22-8-9/h1-3,5,7-8H,4,6H2,(H,16,18). The van der Waals surface area contributed by atoms with Gasteiger partial charge in [-0.15, -0.1) is 0 Å². The summed E-state index contributed by atoms with van der Waals surface area (Å²) in [6.07, 6.45) is 2.59. The maximum atomic E-state index is 11.9. The third kappa shape index (κ3) is 4.30. The van der Waals surface area contributed by atoms with Gasteiger partial charge in [0.2, 0.25) is 0 Å². The minimum atomic E-state index is -0.608. The van der Waals surface area contributed by atoms with Crippen molar-refractivity contribution in [3.8, 4) is 0 Å². The average Bonchev–Trinajstić information content (AvgIpc) is 3.05. The van der Waals surface area contributed by atoms with E-state index in [2.05, 4.69) is 5.32 Å². The molecule has 8 nitrogen and oxygen atoms in total. The fraction of sp³-hybridized carbons (Fsp3) is 0.143. The molecular formula is C14H11ClN2O6. The van der Waals surface area contributed by atoms with Crippen molar-refractivity contribution in [2.24, 2.45) is 0 Å². The number of benzene rings is 1. The van der Waals surface area contributed by atoms with E-state index in [0.29, 0.717) is 0 Å². The summed E-state index contributed by atoms with van der Waals surface area (Å²) in [5, 5.41) is 13.1. The normalized spacial score (nSPS) is 10.1. The van der Waals surface area contributed by atoms with Crippen LogP contribution >= 0.6 is 11.6 Å². The molecule has 1 aromatic carbocycles. The molecule has 9 heteroatoms. The molecule has 0 spiro atoms. The molecule has 0 aliphatic rings. The number of nitrogens with one attached hydrogen (secondary N) is 1. The van der Waals surface area contributed by atoms with Crippen LogP contribution in [0.4, 0.5) is 5.69 Å². The van der Waals surface area contributed by atoms with E-state index >= 15 is 0 Å². The van der Waals surface area contributed by atoms with Gasteiger partial charge in [-0.1, -0.05) is 11.6 Å². The lowest BCUT2D eigenvalue weighted by Gasteiger charge is -2.07. The summed E-state index contributed by atoms with van der Waals surface area (Å²) in [6, 6.07) is 4.99. The average molecular weight is 339 g/mol. The van der Waals surface area contributed by atoms with E-state index in [-0.39, 0.29) is 35.0 Å². The van der Waals surface area contributed by atoms with Crippen molar-refractivity contribution in [2.45, 2.75) is 0 Å². The molecule has 1 N–H and O–H groups in total. The molecule has 0 bridgehead atoms. The number of carbonyl (C=O) groups is 2. The third-order valence-corrected chi connectivity index (χ3v) is 3.10. The van der Waals surface area contributed by atoms with Gasteiger partial charge in [0.05, 0.1) is 33.9 Å². The van der Waals surface area contributed by atoms with Crippen molar-refractivity contribution in [2.75, 3.05) is 13.2 Å². The van der Waals surface area contributed by atoms with Crippen molar-refractivity contribution in [1.82, 2.24) is 5.32 Å². The molecule has 120 valence electrons. The number of nitro benzene ring substituents is 1. The van der Waals surface area contributed by atoms with Crippen molar-refractivity contribution in [3.63, 3.8) is 0 Å². The maximum Gasteiger partial charge on any atom is 0.341 e. The fourth-order valence-corrected chi connectivity index (χ4v) is 1.93. The highest BCUT2D eigenvalue weighted by molar-refractivity contribution is 6.34. The minimum Gasteiger partial charge on any atom is -0.472 e. The number of rotatable bonds is 6. The van der Waals surface area contributed by atoms with E-state index in [0.717, 1.165) is 6.07 Å². The van der Waals surface area contributed by atoms with E-state index in [1.807, 2.05) is 0 Å². The molecule has 23 heavy (non-hydrogen) atoms. The largest absolute Gasteiger partial charge is 0.472 e. The van der Waals surface area contributed by atoms with Crippen LogP contribution in [-0.2, 0) is 4.74 Å². The summed E-state index contributed by atoms with van der Waals surface area (Å²) in [6.45, 7) is 0.0239. The Morgan fingerprint density at radius 3 is 2.74 bits per heavy atom. The second kappa shape index (κ2) is 7.41. The molecule has 1 aromatic heterocycles. The number of ether oxygens (including phenoxy) is 1. The lowest BCUT2D eigenvalue weighted by molar-refractivity contribution is -0.384. The van der Waals surface area contributed by atoms with Gasteiger partial charge in [0.25, 0.3) is 11.6 Å². The molecule has 0 fully saturated rings. The van der Waals surface area contributed by atoms with Crippen molar-refractivity contribution >= 4 is 29.2 Å². The first-order valence-corrected chi connectivity index (χ1v) is 6.78. The van der Waals surface area contributed by atoms with Crippen LogP contribution in [0.3, 0.4) is 0 Å². The summed E-state index contributed by atoms with van der Waals surface area (Å²) in [5.41, 5.74) is 0.161. The zero-order valence-electron chi connectivity index (χ0n) is 11.7. The van der Waals surface area contributed by atoms with Gasteiger partial charge in [0.1, 0.15) is 12.9 Å². The smallest absolute Gasteiger partial charge is 0.341 e. The minimum absolute atomic E-state index is 0.0351. The fourth-order valence-electron chi connectivity index (χ4n) is 1.67. The number of hydrogen-bond donors (Lipinski definition) is 1. The van der Waals surface area contributed by atoms with Crippen LogP contribution in [0, 0.1) is 10.1 Å². The highest BCUT2D eigenvalue weighted by Crippen LogP contribution is 2.22. The lowest BCUT2D eigenvalue weighted by Crippen LogP contribution is -2.28. The molecule has 0 saturated heterocycles. The first-order chi connectivity index (χ1) is 11.0. The van der Waals surface area contributed by atoms with Gasteiger partial charge in [-0.05, 0) is 12.1 Å². The first kappa shape index (κ1) is 16.5. The van der Waals surface area contributed by atoms with E-state index in [9.17, 15) is 19.7 Å². The van der Waals surface area contributed by atoms with Gasteiger partial charge in [-0.25, -0.2) is 4.79 Å². The van der Waals surface area contributed by atoms with Crippen LogP contribution in [0.1, 0.15) is 20.7 Å². The Balaban J connectivity index is 1.83. The Morgan fingerprint density at radius 2 is 2.13 bits per heavy atom. The second-order valence-electron chi connectivity index (χ2n) is 4.33. The molecule has 0 aliphatic carbocycles. The highest BCUT2D eigenvalue weighted by Gasteiger charge is 2.15. The van der Waals surface area contributed by atoms with Crippen LogP contribution in [-0.4, -0.2) is 30.0 Å². The van der Waals surface area contributed by atoms with Crippen LogP contribution < -0.4 is 5.32 Å². The predicted molar refractivity (Wildman–Crippen MR) is 79.4 cm³/mol. The number of nitrogens with zero attached hydrogens (tertiary/aromatic N) is 1. The molecule has 0 saturated carbocycles. The quantitative estimate of drug-likeness (QED) is 0.374. The van der Waals surface area contributed by atoms with Gasteiger partial charge in [-0.2, -0.15) is 0 Å². The number of carbonyl (C=O) groups excluding carboxylic acids is 2. The van der Waals surface area contributed by atoms with Crippen molar-refractivity contribution in [1.29, 1.82) is 0 Å². The van der Waals surface area contributed by atoms with Gasteiger partial charge < -0.3 is 14.5 Å². The number of non-ortho nitro benzene ring substituents is 1. The van der Waals surface area contributed by atoms with Crippen LogP contribution in [0.15, 0.2) is 41.2 Å². The second-order valence-corrected chi connectivity index (χ2v) is 4.73.